The van der Waals surface area contributed by atoms with E-state index >= 15 is 0 Å². The standard InChI is InChI=1S/C16H14ClNO4/c1-10-8-11(17)6-7-14(10)22-9-15(19)18-13-5-3-2-4-12(13)16(20)21/h2-8H,9H2,1H3,(H,18,19)(H,20,21). The fourth-order valence-electron chi connectivity index (χ4n) is 1.88. The highest BCUT2D eigenvalue weighted by Gasteiger charge is 2.12. The van der Waals surface area contributed by atoms with Crippen LogP contribution in [0.4, 0.5) is 5.69 Å². The number of anilines is 1. The molecule has 0 saturated carbocycles. The van der Waals surface area contributed by atoms with Crippen molar-refractivity contribution >= 4 is 29.2 Å². The van der Waals surface area contributed by atoms with E-state index in [-0.39, 0.29) is 17.9 Å². The Hall–Kier alpha value is -2.53. The van der Waals surface area contributed by atoms with Crippen LogP contribution >= 0.6 is 11.6 Å². The number of benzene rings is 2. The highest BCUT2D eigenvalue weighted by atomic mass is 35.5. The van der Waals surface area contributed by atoms with Crippen molar-refractivity contribution in [2.45, 2.75) is 6.92 Å². The van der Waals surface area contributed by atoms with Gasteiger partial charge in [-0.25, -0.2) is 4.79 Å². The number of para-hydroxylation sites is 1. The third kappa shape index (κ3) is 3.99. The summed E-state index contributed by atoms with van der Waals surface area (Å²) in [6.45, 7) is 1.59. The molecule has 0 atom stereocenters. The number of nitrogens with one attached hydrogen (secondary N) is 1. The molecule has 5 nitrogen and oxygen atoms in total. The number of rotatable bonds is 5. The smallest absolute Gasteiger partial charge is 0.337 e. The van der Waals surface area contributed by atoms with Crippen molar-refractivity contribution in [3.8, 4) is 5.75 Å². The fourth-order valence-corrected chi connectivity index (χ4v) is 2.11. The molecule has 0 radical (unpaired) electrons. The van der Waals surface area contributed by atoms with Gasteiger partial charge in [0.05, 0.1) is 11.3 Å². The average Bonchev–Trinajstić information content (AvgIpc) is 2.46. The average molecular weight is 320 g/mol. The number of carbonyl (C=O) groups excluding carboxylic acids is 1. The van der Waals surface area contributed by atoms with E-state index in [4.69, 9.17) is 21.4 Å². The van der Waals surface area contributed by atoms with E-state index in [0.29, 0.717) is 10.8 Å². The molecule has 0 bridgehead atoms. The summed E-state index contributed by atoms with van der Waals surface area (Å²) < 4.78 is 5.41. The Kier molecular flexibility index (Phi) is 5.01. The quantitative estimate of drug-likeness (QED) is 0.886. The summed E-state index contributed by atoms with van der Waals surface area (Å²) in [5, 5.41) is 12.2. The number of ether oxygens (including phenoxy) is 1. The second-order valence-corrected chi connectivity index (χ2v) is 5.03. The van der Waals surface area contributed by atoms with Crippen LogP contribution in [0.15, 0.2) is 42.5 Å². The molecule has 114 valence electrons. The lowest BCUT2D eigenvalue weighted by molar-refractivity contribution is -0.118. The van der Waals surface area contributed by atoms with Gasteiger partial charge in [0.15, 0.2) is 6.61 Å². The van der Waals surface area contributed by atoms with Crippen LogP contribution in [0.5, 0.6) is 5.75 Å². The summed E-state index contributed by atoms with van der Waals surface area (Å²) in [6, 6.07) is 11.3. The summed E-state index contributed by atoms with van der Waals surface area (Å²) in [5.41, 5.74) is 1.07. The molecule has 0 aliphatic carbocycles. The van der Waals surface area contributed by atoms with Crippen LogP contribution in [0, 0.1) is 6.92 Å². The van der Waals surface area contributed by atoms with Crippen LogP contribution in [0.2, 0.25) is 5.02 Å². The topological polar surface area (TPSA) is 75.6 Å². The molecule has 2 aromatic carbocycles. The zero-order valence-corrected chi connectivity index (χ0v) is 12.6. The van der Waals surface area contributed by atoms with Gasteiger partial charge in [0.2, 0.25) is 0 Å². The predicted octanol–water partition coefficient (Wildman–Crippen LogP) is 3.36. The van der Waals surface area contributed by atoms with Crippen LogP contribution in [0.1, 0.15) is 15.9 Å². The van der Waals surface area contributed by atoms with Crippen LogP contribution in [-0.2, 0) is 4.79 Å². The van der Waals surface area contributed by atoms with Crippen molar-refractivity contribution in [1.82, 2.24) is 0 Å². The van der Waals surface area contributed by atoms with Gasteiger partial charge in [-0.3, -0.25) is 4.79 Å². The Labute approximate surface area is 132 Å². The number of aryl methyl sites for hydroxylation is 1. The molecule has 2 aromatic rings. The van der Waals surface area contributed by atoms with Gasteiger partial charge < -0.3 is 15.2 Å². The third-order valence-corrected chi connectivity index (χ3v) is 3.16. The maximum Gasteiger partial charge on any atom is 0.337 e. The van der Waals surface area contributed by atoms with E-state index in [2.05, 4.69) is 5.32 Å². The van der Waals surface area contributed by atoms with Crippen molar-refractivity contribution in [3.63, 3.8) is 0 Å². The van der Waals surface area contributed by atoms with E-state index in [9.17, 15) is 9.59 Å². The minimum Gasteiger partial charge on any atom is -0.483 e. The first-order valence-corrected chi connectivity index (χ1v) is 6.86. The SMILES string of the molecule is Cc1cc(Cl)ccc1OCC(=O)Nc1ccccc1C(=O)O. The van der Waals surface area contributed by atoms with Crippen molar-refractivity contribution < 1.29 is 19.4 Å². The molecule has 0 spiro atoms. The fraction of sp³-hybridized carbons (Fsp3) is 0.125. The van der Waals surface area contributed by atoms with E-state index in [1.54, 1.807) is 30.3 Å². The third-order valence-electron chi connectivity index (χ3n) is 2.93. The summed E-state index contributed by atoms with van der Waals surface area (Å²) >= 11 is 5.84. The Bertz CT molecular complexity index is 715. The van der Waals surface area contributed by atoms with Gasteiger partial charge in [0.25, 0.3) is 5.91 Å². The molecule has 0 fully saturated rings. The molecule has 0 unspecified atom stereocenters. The van der Waals surface area contributed by atoms with Crippen molar-refractivity contribution in [2.24, 2.45) is 0 Å². The molecule has 6 heteroatoms. The van der Waals surface area contributed by atoms with Gasteiger partial charge in [-0.15, -0.1) is 0 Å². The number of halogens is 1. The van der Waals surface area contributed by atoms with E-state index in [1.165, 1.54) is 12.1 Å². The van der Waals surface area contributed by atoms with Gasteiger partial charge in [-0.1, -0.05) is 23.7 Å². The predicted molar refractivity (Wildman–Crippen MR) is 83.7 cm³/mol. The van der Waals surface area contributed by atoms with Crippen LogP contribution in [0.3, 0.4) is 0 Å². The van der Waals surface area contributed by atoms with Gasteiger partial charge in [0, 0.05) is 5.02 Å². The number of aromatic carboxylic acids is 1. The summed E-state index contributed by atoms with van der Waals surface area (Å²) in [5.74, 6) is -1.00. The number of carboxylic acids is 1. The summed E-state index contributed by atoms with van der Waals surface area (Å²) in [6.07, 6.45) is 0. The van der Waals surface area contributed by atoms with E-state index in [0.717, 1.165) is 5.56 Å². The molecule has 0 aromatic heterocycles. The minimum atomic E-state index is -1.11. The zero-order chi connectivity index (χ0) is 16.1. The van der Waals surface area contributed by atoms with Gasteiger partial charge in [-0.2, -0.15) is 0 Å². The number of hydrogen-bond donors (Lipinski definition) is 2. The zero-order valence-electron chi connectivity index (χ0n) is 11.8. The van der Waals surface area contributed by atoms with Gasteiger partial charge >= 0.3 is 5.97 Å². The summed E-state index contributed by atoms with van der Waals surface area (Å²) in [7, 11) is 0. The number of carbonyl (C=O) groups is 2. The monoisotopic (exact) mass is 319 g/mol. The molecule has 0 aliphatic rings. The number of hydrogen-bond acceptors (Lipinski definition) is 3. The van der Waals surface area contributed by atoms with Crippen molar-refractivity contribution in [2.75, 3.05) is 11.9 Å². The van der Waals surface area contributed by atoms with Crippen LogP contribution < -0.4 is 10.1 Å². The normalized spacial score (nSPS) is 10.1. The molecule has 0 aliphatic heterocycles. The van der Waals surface area contributed by atoms with Crippen LogP contribution in [-0.4, -0.2) is 23.6 Å². The number of carboxylic acid groups (broad SMARTS) is 1. The Morgan fingerprint density at radius 3 is 2.64 bits per heavy atom. The molecule has 0 saturated heterocycles. The Morgan fingerprint density at radius 2 is 1.95 bits per heavy atom. The highest BCUT2D eigenvalue weighted by molar-refractivity contribution is 6.30. The molecule has 2 rings (SSSR count). The van der Waals surface area contributed by atoms with Gasteiger partial charge in [0.1, 0.15) is 5.75 Å². The van der Waals surface area contributed by atoms with Crippen LogP contribution in [0.25, 0.3) is 0 Å². The Balaban J connectivity index is 2.00. The van der Waals surface area contributed by atoms with Crippen molar-refractivity contribution in [1.29, 1.82) is 0 Å². The largest absolute Gasteiger partial charge is 0.483 e. The Morgan fingerprint density at radius 1 is 1.23 bits per heavy atom. The molecule has 0 heterocycles. The first-order chi connectivity index (χ1) is 10.5. The highest BCUT2D eigenvalue weighted by Crippen LogP contribution is 2.22. The lowest BCUT2D eigenvalue weighted by Gasteiger charge is -2.11. The minimum absolute atomic E-state index is 0.0264. The van der Waals surface area contributed by atoms with E-state index in [1.807, 2.05) is 6.92 Å². The molecule has 2 N–H and O–H groups in total. The second kappa shape index (κ2) is 6.95. The molecular weight excluding hydrogens is 306 g/mol. The molecule has 1 amide bonds. The first-order valence-electron chi connectivity index (χ1n) is 6.48. The van der Waals surface area contributed by atoms with Crippen molar-refractivity contribution in [3.05, 3.63) is 58.6 Å². The lowest BCUT2D eigenvalue weighted by Crippen LogP contribution is -2.21. The maximum absolute atomic E-state index is 11.9. The molecular formula is C16H14ClNO4. The maximum atomic E-state index is 11.9. The van der Waals surface area contributed by atoms with Gasteiger partial charge in [-0.05, 0) is 42.8 Å². The lowest BCUT2D eigenvalue weighted by atomic mass is 10.2. The first kappa shape index (κ1) is 15.9. The molecule has 22 heavy (non-hydrogen) atoms. The summed E-state index contributed by atoms with van der Waals surface area (Å²) in [4.78, 5) is 22.9. The second-order valence-electron chi connectivity index (χ2n) is 4.60. The number of amides is 1. The van der Waals surface area contributed by atoms with E-state index < -0.39 is 11.9 Å².